The summed E-state index contributed by atoms with van der Waals surface area (Å²) in [4.78, 5) is 16.4. The van der Waals surface area contributed by atoms with Crippen LogP contribution in [0.15, 0.2) is 53.8 Å². The molecule has 2 N–H and O–H groups in total. The van der Waals surface area contributed by atoms with E-state index in [0.717, 1.165) is 6.26 Å². The summed E-state index contributed by atoms with van der Waals surface area (Å²) in [6.45, 7) is -2.12. The Morgan fingerprint density at radius 3 is 2.45 bits per heavy atom. The topological polar surface area (TPSA) is 123 Å². The maximum absolute atomic E-state index is 12.9. The zero-order valence-corrected chi connectivity index (χ0v) is 17.0. The summed E-state index contributed by atoms with van der Waals surface area (Å²) in [5, 5.41) is 8.78. The number of aromatic nitrogens is 3. The van der Waals surface area contributed by atoms with Crippen LogP contribution in [0.5, 0.6) is 17.2 Å². The molecule has 2 heterocycles. The molecule has 1 amide bonds. The van der Waals surface area contributed by atoms with Crippen molar-refractivity contribution in [3.8, 4) is 17.2 Å². The first-order chi connectivity index (χ1) is 14.8. The number of carbonyl (C=O) groups is 1. The van der Waals surface area contributed by atoms with E-state index in [1.54, 1.807) is 0 Å². The van der Waals surface area contributed by atoms with Gasteiger partial charge < -0.3 is 14.8 Å². The lowest BCUT2D eigenvalue weighted by Crippen LogP contribution is -2.21. The quantitative estimate of drug-likeness (QED) is 0.512. The largest absolute Gasteiger partial charge is 0.485 e. The van der Waals surface area contributed by atoms with Crippen LogP contribution in [0.4, 0.5) is 14.6 Å². The van der Waals surface area contributed by atoms with E-state index in [9.17, 15) is 22.0 Å². The highest BCUT2D eigenvalue weighted by Crippen LogP contribution is 2.29. The highest BCUT2D eigenvalue weighted by molar-refractivity contribution is 7.90. The zero-order chi connectivity index (χ0) is 22.4. The first-order valence-electron chi connectivity index (χ1n) is 8.87. The minimum atomic E-state index is -3.48. The fourth-order valence-electron chi connectivity index (χ4n) is 2.43. The molecule has 0 radical (unpaired) electrons. The van der Waals surface area contributed by atoms with E-state index in [0.29, 0.717) is 0 Å². The van der Waals surface area contributed by atoms with Crippen molar-refractivity contribution < 1.29 is 31.5 Å². The number of anilines is 1. The van der Waals surface area contributed by atoms with Crippen LogP contribution in [0.25, 0.3) is 0 Å². The average molecular weight is 452 g/mol. The SMILES string of the molecule is CS(=O)(=O)c1ccc(Oc2cc(OC(CF)CF)cc(C(=O)Nc3cc[nH]n3)c2)cn1. The van der Waals surface area contributed by atoms with Crippen molar-refractivity contribution in [2.24, 2.45) is 0 Å². The average Bonchev–Trinajstić information content (AvgIpc) is 3.24. The summed E-state index contributed by atoms with van der Waals surface area (Å²) < 4.78 is 59.7. The summed E-state index contributed by atoms with van der Waals surface area (Å²) in [6.07, 6.45) is 2.39. The number of benzene rings is 1. The van der Waals surface area contributed by atoms with E-state index < -0.39 is 35.2 Å². The molecule has 164 valence electrons. The molecule has 0 aliphatic carbocycles. The molecule has 3 aromatic rings. The third kappa shape index (κ3) is 5.98. The molecule has 0 atom stereocenters. The number of hydrogen-bond donors (Lipinski definition) is 2. The Labute approximate surface area is 176 Å². The zero-order valence-electron chi connectivity index (χ0n) is 16.2. The van der Waals surface area contributed by atoms with Crippen molar-refractivity contribution in [2.75, 3.05) is 24.9 Å². The minimum Gasteiger partial charge on any atom is -0.485 e. The molecule has 0 aliphatic heterocycles. The minimum absolute atomic E-state index is 0.00527. The van der Waals surface area contributed by atoms with Crippen LogP contribution in [0, 0.1) is 0 Å². The highest BCUT2D eigenvalue weighted by Gasteiger charge is 2.16. The first kappa shape index (κ1) is 22.2. The molecule has 1 aromatic carbocycles. The van der Waals surface area contributed by atoms with Gasteiger partial charge in [0, 0.05) is 30.1 Å². The van der Waals surface area contributed by atoms with Gasteiger partial charge in [-0.3, -0.25) is 9.89 Å². The number of sulfone groups is 1. The molecule has 9 nitrogen and oxygen atoms in total. The lowest BCUT2D eigenvalue weighted by Gasteiger charge is -2.15. The number of nitrogens with zero attached hydrogens (tertiary/aromatic N) is 2. The van der Waals surface area contributed by atoms with Gasteiger partial charge in [-0.05, 0) is 24.3 Å². The van der Waals surface area contributed by atoms with Crippen molar-refractivity contribution in [1.29, 1.82) is 0 Å². The van der Waals surface area contributed by atoms with Crippen LogP contribution in [0.1, 0.15) is 10.4 Å². The standard InChI is InChI=1S/C19H18F2N4O5S/c1-31(27,28)18-3-2-13(11-22-18)29-14-6-12(19(26)24-17-4-5-23-25-17)7-15(8-14)30-16(9-20)10-21/h2-8,11,16H,9-10H2,1H3,(H2,23,24,25,26). The van der Waals surface area contributed by atoms with Gasteiger partial charge in [-0.15, -0.1) is 0 Å². The number of halogens is 2. The lowest BCUT2D eigenvalue weighted by atomic mass is 10.2. The Bertz CT molecular complexity index is 1130. The Kier molecular flexibility index (Phi) is 6.80. The Hall–Kier alpha value is -3.54. The molecule has 0 aliphatic rings. The fourth-order valence-corrected chi connectivity index (χ4v) is 2.99. The van der Waals surface area contributed by atoms with Gasteiger partial charge in [-0.25, -0.2) is 22.2 Å². The summed E-state index contributed by atoms with van der Waals surface area (Å²) in [6, 6.07) is 8.20. The second-order valence-electron chi connectivity index (χ2n) is 6.36. The summed E-state index contributed by atoms with van der Waals surface area (Å²) in [5.41, 5.74) is 0.0766. The maximum Gasteiger partial charge on any atom is 0.257 e. The molecular weight excluding hydrogens is 434 g/mol. The second-order valence-corrected chi connectivity index (χ2v) is 8.32. The molecule has 0 bridgehead atoms. The molecule has 0 unspecified atom stereocenters. The van der Waals surface area contributed by atoms with Gasteiger partial charge in [0.15, 0.2) is 26.8 Å². The summed E-state index contributed by atoms with van der Waals surface area (Å²) >= 11 is 0. The number of alkyl halides is 2. The normalized spacial score (nSPS) is 11.4. The molecule has 0 spiro atoms. The number of amides is 1. The second kappa shape index (κ2) is 9.51. The Balaban J connectivity index is 1.89. The van der Waals surface area contributed by atoms with E-state index in [2.05, 4.69) is 20.5 Å². The van der Waals surface area contributed by atoms with Gasteiger partial charge in [0.2, 0.25) is 0 Å². The molecule has 12 heteroatoms. The van der Waals surface area contributed by atoms with E-state index in [-0.39, 0.29) is 33.7 Å². The Morgan fingerprint density at radius 1 is 1.13 bits per heavy atom. The lowest BCUT2D eigenvalue weighted by molar-refractivity contribution is 0.102. The fraction of sp³-hybridized carbons (Fsp3) is 0.211. The number of rotatable bonds is 9. The van der Waals surface area contributed by atoms with Gasteiger partial charge in [-0.2, -0.15) is 5.10 Å². The van der Waals surface area contributed by atoms with E-state index in [1.807, 2.05) is 0 Å². The number of pyridine rings is 1. The number of H-pyrrole nitrogens is 1. The number of nitrogens with one attached hydrogen (secondary N) is 2. The third-order valence-electron chi connectivity index (χ3n) is 3.86. The maximum atomic E-state index is 12.9. The van der Waals surface area contributed by atoms with Crippen molar-refractivity contribution in [3.05, 3.63) is 54.4 Å². The predicted octanol–water partition coefficient (Wildman–Crippen LogP) is 2.94. The monoisotopic (exact) mass is 452 g/mol. The van der Waals surface area contributed by atoms with E-state index in [1.165, 1.54) is 48.8 Å². The number of carbonyl (C=O) groups excluding carboxylic acids is 1. The van der Waals surface area contributed by atoms with Crippen molar-refractivity contribution in [3.63, 3.8) is 0 Å². The smallest absolute Gasteiger partial charge is 0.257 e. The van der Waals surface area contributed by atoms with Crippen LogP contribution in [0.3, 0.4) is 0 Å². The van der Waals surface area contributed by atoms with E-state index >= 15 is 0 Å². The van der Waals surface area contributed by atoms with Gasteiger partial charge in [0.1, 0.15) is 30.6 Å². The van der Waals surface area contributed by atoms with Crippen LogP contribution >= 0.6 is 0 Å². The number of hydrogen-bond acceptors (Lipinski definition) is 7. The van der Waals surface area contributed by atoms with Crippen LogP contribution < -0.4 is 14.8 Å². The summed E-state index contributed by atoms with van der Waals surface area (Å²) in [7, 11) is -3.48. The molecule has 0 fully saturated rings. The van der Waals surface area contributed by atoms with Gasteiger partial charge in [-0.1, -0.05) is 0 Å². The van der Waals surface area contributed by atoms with Gasteiger partial charge >= 0.3 is 0 Å². The van der Waals surface area contributed by atoms with Gasteiger partial charge in [0.05, 0.1) is 6.20 Å². The number of ether oxygens (including phenoxy) is 2. The predicted molar refractivity (Wildman–Crippen MR) is 107 cm³/mol. The Morgan fingerprint density at radius 2 is 1.87 bits per heavy atom. The van der Waals surface area contributed by atoms with E-state index in [4.69, 9.17) is 9.47 Å². The molecular formula is C19H18F2N4O5S. The van der Waals surface area contributed by atoms with Crippen molar-refractivity contribution in [1.82, 2.24) is 15.2 Å². The van der Waals surface area contributed by atoms with Crippen LogP contribution in [-0.2, 0) is 9.84 Å². The molecule has 0 saturated heterocycles. The third-order valence-corrected chi connectivity index (χ3v) is 4.86. The van der Waals surface area contributed by atoms with Crippen molar-refractivity contribution in [2.45, 2.75) is 11.1 Å². The molecule has 31 heavy (non-hydrogen) atoms. The molecule has 0 saturated carbocycles. The van der Waals surface area contributed by atoms with Crippen LogP contribution in [0.2, 0.25) is 0 Å². The first-order valence-corrected chi connectivity index (χ1v) is 10.8. The number of aromatic amines is 1. The molecule has 3 rings (SSSR count). The van der Waals surface area contributed by atoms with Gasteiger partial charge in [0.25, 0.3) is 5.91 Å². The van der Waals surface area contributed by atoms with Crippen LogP contribution in [-0.4, -0.2) is 55.2 Å². The highest BCUT2D eigenvalue weighted by atomic mass is 32.2. The van der Waals surface area contributed by atoms with Crippen molar-refractivity contribution >= 4 is 21.6 Å². The summed E-state index contributed by atoms with van der Waals surface area (Å²) in [5.74, 6) is -0.00812. The molecule has 2 aromatic heterocycles.